The molecule has 2 N–H and O–H groups in total. The monoisotopic (exact) mass is 299 g/mol. The maximum absolute atomic E-state index is 12.5. The van der Waals surface area contributed by atoms with Gasteiger partial charge in [-0.25, -0.2) is 4.79 Å². The van der Waals surface area contributed by atoms with Crippen LogP contribution in [0.2, 0.25) is 0 Å². The number of rotatable bonds is 3. The van der Waals surface area contributed by atoms with Crippen molar-refractivity contribution < 1.29 is 18.8 Å². The lowest BCUT2D eigenvalue weighted by molar-refractivity contribution is -0.132. The van der Waals surface area contributed by atoms with Crippen molar-refractivity contribution in [3.05, 3.63) is 60.1 Å². The Balaban J connectivity index is 1.84. The number of carbonyl (C=O) groups excluding carboxylic acids is 3. The van der Waals surface area contributed by atoms with E-state index in [2.05, 4.69) is 10.7 Å². The third-order valence-corrected chi connectivity index (χ3v) is 3.54. The summed E-state index contributed by atoms with van der Waals surface area (Å²) >= 11 is 0. The molecule has 1 aromatic carbocycles. The van der Waals surface area contributed by atoms with E-state index in [-0.39, 0.29) is 5.56 Å². The summed E-state index contributed by atoms with van der Waals surface area (Å²) < 4.78 is 4.80. The molecule has 0 aliphatic carbocycles. The van der Waals surface area contributed by atoms with Gasteiger partial charge in [-0.3, -0.25) is 15.0 Å². The predicted molar refractivity (Wildman–Crippen MR) is 75.3 cm³/mol. The molecular formula is C15H13N3O4. The summed E-state index contributed by atoms with van der Waals surface area (Å²) in [4.78, 5) is 36.5. The molecular weight excluding hydrogens is 286 g/mol. The first-order chi connectivity index (χ1) is 10.5. The van der Waals surface area contributed by atoms with Crippen molar-refractivity contribution >= 4 is 17.8 Å². The van der Waals surface area contributed by atoms with E-state index in [1.54, 1.807) is 31.2 Å². The van der Waals surface area contributed by atoms with Crippen LogP contribution in [0.4, 0.5) is 4.79 Å². The minimum absolute atomic E-state index is 0.217. The molecule has 1 saturated heterocycles. The number of hydrazine groups is 1. The van der Waals surface area contributed by atoms with E-state index in [1.807, 2.05) is 6.07 Å². The standard InChI is InChI=1S/C15H13N3O4/c1-15(11-5-3-2-4-6-11)13(20)18(14(21)16-15)17-12(19)10-7-8-22-9-10/h2-9H,1H3,(H,16,21)(H,17,19)/t15-/m1/s1. The van der Waals surface area contributed by atoms with E-state index in [0.717, 1.165) is 0 Å². The number of imide groups is 1. The van der Waals surface area contributed by atoms with Crippen LogP contribution in [0.15, 0.2) is 53.3 Å². The Morgan fingerprint density at radius 3 is 2.59 bits per heavy atom. The highest BCUT2D eigenvalue weighted by atomic mass is 16.3. The zero-order valence-electron chi connectivity index (χ0n) is 11.7. The summed E-state index contributed by atoms with van der Waals surface area (Å²) in [5, 5.41) is 3.28. The molecule has 112 valence electrons. The largest absolute Gasteiger partial charge is 0.472 e. The minimum Gasteiger partial charge on any atom is -0.472 e. The number of amides is 4. The molecule has 7 nitrogen and oxygen atoms in total. The Morgan fingerprint density at radius 1 is 1.23 bits per heavy atom. The second-order valence-corrected chi connectivity index (χ2v) is 5.01. The van der Waals surface area contributed by atoms with Crippen LogP contribution in [0.1, 0.15) is 22.8 Å². The Labute approximate surface area is 125 Å². The molecule has 0 spiro atoms. The lowest BCUT2D eigenvalue weighted by Crippen LogP contribution is -2.47. The Morgan fingerprint density at radius 2 is 1.95 bits per heavy atom. The van der Waals surface area contributed by atoms with E-state index in [0.29, 0.717) is 10.6 Å². The number of hydrogen-bond donors (Lipinski definition) is 2. The molecule has 22 heavy (non-hydrogen) atoms. The van der Waals surface area contributed by atoms with Gasteiger partial charge in [0.15, 0.2) is 0 Å². The smallest absolute Gasteiger partial charge is 0.344 e. The van der Waals surface area contributed by atoms with Crippen LogP contribution < -0.4 is 10.7 Å². The average Bonchev–Trinajstić information content (AvgIpc) is 3.12. The molecule has 0 radical (unpaired) electrons. The first-order valence-corrected chi connectivity index (χ1v) is 6.58. The fraction of sp³-hybridized carbons (Fsp3) is 0.133. The molecule has 1 aromatic heterocycles. The fourth-order valence-electron chi connectivity index (χ4n) is 2.27. The van der Waals surface area contributed by atoms with Gasteiger partial charge >= 0.3 is 6.03 Å². The van der Waals surface area contributed by atoms with Crippen molar-refractivity contribution in [2.24, 2.45) is 0 Å². The third kappa shape index (κ3) is 2.12. The molecule has 0 bridgehead atoms. The first-order valence-electron chi connectivity index (χ1n) is 6.58. The molecule has 1 fully saturated rings. The first kappa shape index (κ1) is 13.9. The Hall–Kier alpha value is -3.09. The van der Waals surface area contributed by atoms with Crippen molar-refractivity contribution in [1.29, 1.82) is 0 Å². The summed E-state index contributed by atoms with van der Waals surface area (Å²) in [5.41, 5.74) is 1.91. The summed E-state index contributed by atoms with van der Waals surface area (Å²) in [6.45, 7) is 1.59. The van der Waals surface area contributed by atoms with Crippen LogP contribution in [0, 0.1) is 0 Å². The molecule has 1 aliphatic rings. The average molecular weight is 299 g/mol. The molecule has 7 heteroatoms. The van der Waals surface area contributed by atoms with Crippen LogP contribution in [-0.4, -0.2) is 22.9 Å². The van der Waals surface area contributed by atoms with E-state index in [4.69, 9.17) is 4.42 Å². The van der Waals surface area contributed by atoms with Crippen LogP contribution in [0.25, 0.3) is 0 Å². The van der Waals surface area contributed by atoms with Crippen LogP contribution in [0.5, 0.6) is 0 Å². The summed E-state index contributed by atoms with van der Waals surface area (Å²) in [5.74, 6) is -1.16. The molecule has 2 aromatic rings. The van der Waals surface area contributed by atoms with Crippen LogP contribution in [0.3, 0.4) is 0 Å². The number of furan rings is 1. The van der Waals surface area contributed by atoms with Crippen LogP contribution >= 0.6 is 0 Å². The highest BCUT2D eigenvalue weighted by molar-refractivity contribution is 6.09. The van der Waals surface area contributed by atoms with Gasteiger partial charge in [-0.2, -0.15) is 5.01 Å². The maximum Gasteiger partial charge on any atom is 0.344 e. The molecule has 2 heterocycles. The highest BCUT2D eigenvalue weighted by Crippen LogP contribution is 2.27. The fourth-order valence-corrected chi connectivity index (χ4v) is 2.27. The number of nitrogens with one attached hydrogen (secondary N) is 2. The van der Waals surface area contributed by atoms with Gasteiger partial charge in [0, 0.05) is 0 Å². The molecule has 0 unspecified atom stereocenters. The maximum atomic E-state index is 12.5. The van der Waals surface area contributed by atoms with E-state index >= 15 is 0 Å². The molecule has 1 aliphatic heterocycles. The van der Waals surface area contributed by atoms with E-state index in [9.17, 15) is 14.4 Å². The second-order valence-electron chi connectivity index (χ2n) is 5.01. The van der Waals surface area contributed by atoms with Gasteiger partial charge in [0.2, 0.25) is 0 Å². The molecule has 4 amide bonds. The number of nitrogens with zero attached hydrogens (tertiary/aromatic N) is 1. The lowest BCUT2D eigenvalue weighted by Gasteiger charge is -2.21. The number of hydrogen-bond acceptors (Lipinski definition) is 4. The topological polar surface area (TPSA) is 91.7 Å². The van der Waals surface area contributed by atoms with Gasteiger partial charge in [0.25, 0.3) is 11.8 Å². The van der Waals surface area contributed by atoms with Crippen LogP contribution in [-0.2, 0) is 10.3 Å². The van der Waals surface area contributed by atoms with Crippen molar-refractivity contribution in [1.82, 2.24) is 15.8 Å². The van der Waals surface area contributed by atoms with Gasteiger partial charge in [-0.1, -0.05) is 30.3 Å². The molecule has 1 atom stereocenters. The SMILES string of the molecule is C[C@]1(c2ccccc2)NC(=O)N(NC(=O)c2ccoc2)C1=O. The van der Waals surface area contributed by atoms with Crippen molar-refractivity contribution in [3.8, 4) is 0 Å². The number of benzene rings is 1. The molecule has 0 saturated carbocycles. The summed E-state index contributed by atoms with van der Waals surface area (Å²) in [7, 11) is 0. The third-order valence-electron chi connectivity index (χ3n) is 3.54. The number of carbonyl (C=O) groups is 3. The molecule has 3 rings (SSSR count). The van der Waals surface area contributed by atoms with Gasteiger partial charge in [-0.05, 0) is 18.6 Å². The highest BCUT2D eigenvalue weighted by Gasteiger charge is 2.50. The summed E-state index contributed by atoms with van der Waals surface area (Å²) in [6, 6.07) is 9.57. The zero-order valence-corrected chi connectivity index (χ0v) is 11.7. The van der Waals surface area contributed by atoms with E-state index in [1.165, 1.54) is 18.6 Å². The lowest BCUT2D eigenvalue weighted by atomic mass is 9.92. The Bertz CT molecular complexity index is 727. The van der Waals surface area contributed by atoms with Gasteiger partial charge < -0.3 is 9.73 Å². The minimum atomic E-state index is -1.22. The summed E-state index contributed by atoms with van der Waals surface area (Å²) in [6.07, 6.45) is 2.55. The van der Waals surface area contributed by atoms with Crippen molar-refractivity contribution in [3.63, 3.8) is 0 Å². The zero-order chi connectivity index (χ0) is 15.7. The quantitative estimate of drug-likeness (QED) is 0.838. The van der Waals surface area contributed by atoms with E-state index < -0.39 is 23.4 Å². The second kappa shape index (κ2) is 5.03. The van der Waals surface area contributed by atoms with Crippen molar-refractivity contribution in [2.45, 2.75) is 12.5 Å². The van der Waals surface area contributed by atoms with Gasteiger partial charge in [0.05, 0.1) is 11.8 Å². The normalized spacial score (nSPS) is 20.9. The van der Waals surface area contributed by atoms with Gasteiger partial charge in [-0.15, -0.1) is 0 Å². The Kier molecular flexibility index (Phi) is 3.17. The predicted octanol–water partition coefficient (Wildman–Crippen LogP) is 1.39. The van der Waals surface area contributed by atoms with Gasteiger partial charge in [0.1, 0.15) is 11.8 Å². The van der Waals surface area contributed by atoms with Crippen molar-refractivity contribution in [2.75, 3.05) is 0 Å². The number of urea groups is 1.